The molecular weight excluding hydrogens is 255 g/mol. The Morgan fingerprint density at radius 3 is 1.95 bits per heavy atom. The third-order valence-corrected chi connectivity index (χ3v) is 6.68. The van der Waals surface area contributed by atoms with Crippen molar-refractivity contribution in [3.05, 3.63) is 0 Å². The van der Waals surface area contributed by atoms with Gasteiger partial charge in [0.25, 0.3) is 0 Å². The average molecular weight is 286 g/mol. The molecule has 0 bridgehead atoms. The molecule has 0 aromatic rings. The van der Waals surface area contributed by atoms with Crippen LogP contribution in [0.4, 0.5) is 0 Å². The van der Waals surface area contributed by atoms with Gasteiger partial charge < -0.3 is 10.2 Å². The number of aliphatic hydroxyl groups excluding tert-OH is 2. The van der Waals surface area contributed by atoms with Gasteiger partial charge in [-0.3, -0.25) is 0 Å². The molecule has 2 saturated carbocycles. The molecule has 0 aliphatic heterocycles. The monoisotopic (exact) mass is 286 g/mol. The van der Waals surface area contributed by atoms with Crippen LogP contribution in [0.3, 0.4) is 0 Å². The number of hydrogen-bond acceptors (Lipinski definition) is 2. The third-order valence-electron chi connectivity index (χ3n) is 5.18. The lowest BCUT2D eigenvalue weighted by atomic mass is 9.78. The van der Waals surface area contributed by atoms with Crippen LogP contribution in [0, 0.1) is 17.8 Å². The number of hydrogen-bond donors (Lipinski definition) is 2. The molecule has 0 heterocycles. The van der Waals surface area contributed by atoms with Crippen molar-refractivity contribution >= 4 is 8.58 Å². The second-order valence-electron chi connectivity index (χ2n) is 6.66. The Balaban J connectivity index is 1.85. The lowest BCUT2D eigenvalue weighted by Crippen LogP contribution is -2.22. The molecule has 5 unspecified atom stereocenters. The average Bonchev–Trinajstić information content (AvgIpc) is 2.99. The molecule has 0 aromatic carbocycles. The molecule has 2 aliphatic carbocycles. The fraction of sp³-hybridized carbons (Fsp3) is 1.00. The smallest absolute Gasteiger partial charge is 0.0543 e. The fourth-order valence-electron chi connectivity index (χ4n) is 4.19. The molecule has 19 heavy (non-hydrogen) atoms. The Bertz CT molecular complexity index is 239. The molecular formula is C16H31O2P. The van der Waals surface area contributed by atoms with Gasteiger partial charge in [0.1, 0.15) is 0 Å². The topological polar surface area (TPSA) is 40.5 Å². The quantitative estimate of drug-likeness (QED) is 0.556. The maximum atomic E-state index is 9.81. The van der Waals surface area contributed by atoms with Gasteiger partial charge in [0.15, 0.2) is 0 Å². The molecule has 0 aromatic heterocycles. The van der Waals surface area contributed by atoms with Crippen molar-refractivity contribution in [2.75, 3.05) is 12.3 Å². The lowest BCUT2D eigenvalue weighted by molar-refractivity contribution is 0.143. The standard InChI is InChI=1S/C16H31O2P/c1-2-8-19-9-7-16(12-3-5-14(17)10-12)13-4-6-15(18)11-13/h12-19H,2-11H2,1H3. The summed E-state index contributed by atoms with van der Waals surface area (Å²) < 4.78 is 0. The fourth-order valence-corrected chi connectivity index (χ4v) is 5.33. The first-order valence-electron chi connectivity index (χ1n) is 8.27. The predicted octanol–water partition coefficient (Wildman–Crippen LogP) is 3.40. The van der Waals surface area contributed by atoms with Crippen LogP contribution in [0.5, 0.6) is 0 Å². The maximum absolute atomic E-state index is 9.81. The van der Waals surface area contributed by atoms with Crippen LogP contribution in [-0.2, 0) is 0 Å². The van der Waals surface area contributed by atoms with Crippen molar-refractivity contribution in [1.82, 2.24) is 0 Å². The molecule has 3 heteroatoms. The summed E-state index contributed by atoms with van der Waals surface area (Å²) in [5.41, 5.74) is 0. The molecule has 2 nitrogen and oxygen atoms in total. The van der Waals surface area contributed by atoms with E-state index >= 15 is 0 Å². The Kier molecular flexibility index (Phi) is 6.59. The van der Waals surface area contributed by atoms with Crippen LogP contribution in [0.2, 0.25) is 0 Å². The Hall–Kier alpha value is 0.350. The van der Waals surface area contributed by atoms with Gasteiger partial charge in [0.05, 0.1) is 12.2 Å². The first kappa shape index (κ1) is 15.7. The van der Waals surface area contributed by atoms with Crippen molar-refractivity contribution in [3.8, 4) is 0 Å². The van der Waals surface area contributed by atoms with Crippen LogP contribution in [-0.4, -0.2) is 34.7 Å². The van der Waals surface area contributed by atoms with E-state index in [-0.39, 0.29) is 12.2 Å². The molecule has 5 atom stereocenters. The normalized spacial score (nSPS) is 37.4. The van der Waals surface area contributed by atoms with Crippen molar-refractivity contribution in [1.29, 1.82) is 0 Å². The molecule has 0 radical (unpaired) electrons. The number of rotatable bonds is 7. The Labute approximate surface area is 120 Å². The zero-order valence-corrected chi connectivity index (χ0v) is 13.4. The van der Waals surface area contributed by atoms with Crippen LogP contribution in [0.25, 0.3) is 0 Å². The summed E-state index contributed by atoms with van der Waals surface area (Å²) in [6, 6.07) is 0. The minimum Gasteiger partial charge on any atom is -0.393 e. The second kappa shape index (κ2) is 7.96. The highest BCUT2D eigenvalue weighted by Crippen LogP contribution is 2.44. The van der Waals surface area contributed by atoms with Gasteiger partial charge in [-0.15, -0.1) is 8.58 Å². The summed E-state index contributed by atoms with van der Waals surface area (Å²) in [4.78, 5) is 0. The van der Waals surface area contributed by atoms with Crippen LogP contribution < -0.4 is 0 Å². The Morgan fingerprint density at radius 1 is 0.947 bits per heavy atom. The second-order valence-corrected chi connectivity index (χ2v) is 8.16. The minimum atomic E-state index is -0.0445. The molecule has 0 saturated heterocycles. The third kappa shape index (κ3) is 4.69. The highest BCUT2D eigenvalue weighted by atomic mass is 31.1. The van der Waals surface area contributed by atoms with Crippen LogP contribution in [0.15, 0.2) is 0 Å². The van der Waals surface area contributed by atoms with E-state index in [0.29, 0.717) is 0 Å². The summed E-state index contributed by atoms with van der Waals surface area (Å²) in [6.45, 7) is 2.27. The minimum absolute atomic E-state index is 0.0445. The van der Waals surface area contributed by atoms with Crippen molar-refractivity contribution in [2.45, 2.75) is 70.5 Å². The van der Waals surface area contributed by atoms with E-state index < -0.39 is 0 Å². The molecule has 2 fully saturated rings. The first-order chi connectivity index (χ1) is 9.20. The van der Waals surface area contributed by atoms with E-state index in [1.165, 1.54) is 38.0 Å². The SMILES string of the molecule is CCCPCCC(C1CCC(O)C1)C1CCC(O)C1. The lowest BCUT2D eigenvalue weighted by Gasteiger charge is -2.29. The van der Waals surface area contributed by atoms with Gasteiger partial charge in [-0.05, 0) is 75.0 Å². The molecule has 2 rings (SSSR count). The molecule has 0 amide bonds. The van der Waals surface area contributed by atoms with Gasteiger partial charge in [-0.2, -0.15) is 0 Å². The Morgan fingerprint density at radius 2 is 1.53 bits per heavy atom. The van der Waals surface area contributed by atoms with Crippen molar-refractivity contribution in [3.63, 3.8) is 0 Å². The van der Waals surface area contributed by atoms with Crippen molar-refractivity contribution in [2.24, 2.45) is 17.8 Å². The summed E-state index contributed by atoms with van der Waals surface area (Å²) >= 11 is 0. The van der Waals surface area contributed by atoms with E-state index in [2.05, 4.69) is 6.92 Å². The maximum Gasteiger partial charge on any atom is 0.0543 e. The van der Waals surface area contributed by atoms with Gasteiger partial charge in [-0.1, -0.05) is 13.3 Å². The molecule has 0 spiro atoms. The van der Waals surface area contributed by atoms with Gasteiger partial charge in [0.2, 0.25) is 0 Å². The largest absolute Gasteiger partial charge is 0.393 e. The molecule has 112 valence electrons. The van der Waals surface area contributed by atoms with E-state index in [1.54, 1.807) is 0 Å². The van der Waals surface area contributed by atoms with Crippen LogP contribution >= 0.6 is 8.58 Å². The highest BCUT2D eigenvalue weighted by Gasteiger charge is 2.37. The molecule has 2 N–H and O–H groups in total. The number of aliphatic hydroxyl groups is 2. The summed E-state index contributed by atoms with van der Waals surface area (Å²) in [5.74, 6) is 2.24. The van der Waals surface area contributed by atoms with Crippen LogP contribution in [0.1, 0.15) is 58.3 Å². The van der Waals surface area contributed by atoms with E-state index in [0.717, 1.165) is 52.0 Å². The van der Waals surface area contributed by atoms with Gasteiger partial charge in [-0.25, -0.2) is 0 Å². The predicted molar refractivity (Wildman–Crippen MR) is 83.1 cm³/mol. The van der Waals surface area contributed by atoms with E-state index in [4.69, 9.17) is 0 Å². The first-order valence-corrected chi connectivity index (χ1v) is 9.69. The summed E-state index contributed by atoms with van der Waals surface area (Å²) in [6.07, 6.45) is 11.8. The van der Waals surface area contributed by atoms with E-state index in [1.807, 2.05) is 0 Å². The van der Waals surface area contributed by atoms with E-state index in [9.17, 15) is 10.2 Å². The zero-order chi connectivity index (χ0) is 13.7. The zero-order valence-electron chi connectivity index (χ0n) is 12.4. The summed E-state index contributed by atoms with van der Waals surface area (Å²) in [5, 5.41) is 19.6. The van der Waals surface area contributed by atoms with Gasteiger partial charge >= 0.3 is 0 Å². The highest BCUT2D eigenvalue weighted by molar-refractivity contribution is 7.37. The van der Waals surface area contributed by atoms with Crippen molar-refractivity contribution < 1.29 is 10.2 Å². The summed E-state index contributed by atoms with van der Waals surface area (Å²) in [7, 11) is 1.12. The van der Waals surface area contributed by atoms with Gasteiger partial charge in [0, 0.05) is 0 Å². The molecule has 2 aliphatic rings.